The molecule has 0 saturated carbocycles. The molecule has 11 heteroatoms. The van der Waals surface area contributed by atoms with Gasteiger partial charge < -0.3 is 19.1 Å². The number of aromatic nitrogens is 4. The van der Waals surface area contributed by atoms with E-state index in [0.717, 1.165) is 66.7 Å². The lowest BCUT2D eigenvalue weighted by atomic mass is 9.95. The van der Waals surface area contributed by atoms with Crippen molar-refractivity contribution >= 4 is 42.3 Å². The third-order valence-corrected chi connectivity index (χ3v) is 10.0. The van der Waals surface area contributed by atoms with Gasteiger partial charge in [0.1, 0.15) is 36.3 Å². The van der Waals surface area contributed by atoms with Gasteiger partial charge in [0.25, 0.3) is 0 Å². The van der Waals surface area contributed by atoms with Crippen LogP contribution in [0.15, 0.2) is 61.2 Å². The minimum atomic E-state index is -1.13. The standard InChI is InChI=1S/C32H38N8O2Si/c1-43(2,3)17-16-42-23-38-15-11-28-30(35-22-36-31(28)38)37-13-9-24(10-14-37)20-39-21-25-6-4-5-7-29(25)40(32(39)41)27-8-12-34-26(18-27)19-33/h4-8,11-12,15,18,22,24H,9-10,13-14,16-17,20-21,23H2,1-3H3. The molecule has 0 radical (unpaired) electrons. The van der Waals surface area contributed by atoms with E-state index in [-0.39, 0.29) is 11.7 Å². The number of ether oxygens (including phenoxy) is 1. The average Bonchev–Trinajstić information content (AvgIpc) is 3.43. The van der Waals surface area contributed by atoms with Crippen LogP contribution in [-0.4, -0.2) is 64.8 Å². The number of hydrogen-bond donors (Lipinski definition) is 0. The second-order valence-electron chi connectivity index (χ2n) is 12.6. The number of pyridine rings is 1. The Labute approximate surface area is 253 Å². The fraction of sp³-hybridized carbons (Fsp3) is 0.406. The second-order valence-corrected chi connectivity index (χ2v) is 18.3. The summed E-state index contributed by atoms with van der Waals surface area (Å²) >= 11 is 0. The molecule has 0 spiro atoms. The van der Waals surface area contributed by atoms with Crippen LogP contribution in [0.25, 0.3) is 11.0 Å². The Hall–Kier alpha value is -4.27. The molecule has 6 rings (SSSR count). The molecule has 222 valence electrons. The number of anilines is 3. The Balaban J connectivity index is 1.12. The van der Waals surface area contributed by atoms with Crippen molar-refractivity contribution in [2.24, 2.45) is 5.92 Å². The largest absolute Gasteiger partial charge is 0.361 e. The zero-order valence-corrected chi connectivity index (χ0v) is 26.1. The fourth-order valence-electron chi connectivity index (χ4n) is 5.92. The summed E-state index contributed by atoms with van der Waals surface area (Å²) in [5, 5.41) is 10.4. The van der Waals surface area contributed by atoms with Gasteiger partial charge in [-0.05, 0) is 54.6 Å². The molecule has 5 heterocycles. The smallest absolute Gasteiger partial charge is 0.329 e. The van der Waals surface area contributed by atoms with E-state index >= 15 is 0 Å². The first-order valence-corrected chi connectivity index (χ1v) is 18.7. The average molecular weight is 595 g/mol. The molecule has 0 bridgehead atoms. The Morgan fingerprint density at radius 3 is 2.67 bits per heavy atom. The highest BCUT2D eigenvalue weighted by Gasteiger charge is 2.34. The number of para-hydroxylation sites is 1. The molecule has 1 fully saturated rings. The van der Waals surface area contributed by atoms with Crippen molar-refractivity contribution in [1.29, 1.82) is 5.26 Å². The quantitative estimate of drug-likeness (QED) is 0.173. The van der Waals surface area contributed by atoms with Gasteiger partial charge in [-0.3, -0.25) is 4.90 Å². The topological polar surface area (TPSA) is 103 Å². The van der Waals surface area contributed by atoms with Crippen molar-refractivity contribution in [2.45, 2.75) is 51.8 Å². The molecule has 1 saturated heterocycles. The number of piperidine rings is 1. The predicted molar refractivity (Wildman–Crippen MR) is 170 cm³/mol. The van der Waals surface area contributed by atoms with Crippen LogP contribution >= 0.6 is 0 Å². The Morgan fingerprint density at radius 1 is 1.07 bits per heavy atom. The van der Waals surface area contributed by atoms with Crippen molar-refractivity contribution in [3.8, 4) is 6.07 Å². The molecule has 43 heavy (non-hydrogen) atoms. The van der Waals surface area contributed by atoms with Crippen molar-refractivity contribution in [1.82, 2.24) is 24.4 Å². The van der Waals surface area contributed by atoms with Crippen LogP contribution in [0.2, 0.25) is 25.7 Å². The third kappa shape index (κ3) is 6.26. The number of benzene rings is 1. The van der Waals surface area contributed by atoms with Gasteiger partial charge in [0.2, 0.25) is 0 Å². The number of carbonyl (C=O) groups excluding carboxylic acids is 1. The maximum Gasteiger partial charge on any atom is 0.329 e. The van der Waals surface area contributed by atoms with E-state index in [9.17, 15) is 10.1 Å². The molecule has 2 aliphatic rings. The number of amides is 2. The Bertz CT molecular complexity index is 1650. The number of carbonyl (C=O) groups is 1. The van der Waals surface area contributed by atoms with Crippen LogP contribution in [0, 0.1) is 17.2 Å². The summed E-state index contributed by atoms with van der Waals surface area (Å²) in [6.07, 6.45) is 7.20. The van der Waals surface area contributed by atoms with E-state index < -0.39 is 8.07 Å². The van der Waals surface area contributed by atoms with E-state index in [4.69, 9.17) is 4.74 Å². The summed E-state index contributed by atoms with van der Waals surface area (Å²) in [4.78, 5) is 33.2. The number of nitriles is 1. The molecule has 10 nitrogen and oxygen atoms in total. The van der Waals surface area contributed by atoms with Crippen molar-refractivity contribution < 1.29 is 9.53 Å². The first kappa shape index (κ1) is 28.8. The lowest BCUT2D eigenvalue weighted by Crippen LogP contribution is -2.48. The van der Waals surface area contributed by atoms with Crippen molar-refractivity contribution in [3.05, 3.63) is 72.4 Å². The molecule has 3 aromatic heterocycles. The van der Waals surface area contributed by atoms with Crippen molar-refractivity contribution in [2.75, 3.05) is 36.0 Å². The minimum Gasteiger partial charge on any atom is -0.361 e. The highest BCUT2D eigenvalue weighted by molar-refractivity contribution is 6.76. The normalized spacial score (nSPS) is 16.0. The molecule has 1 aromatic carbocycles. The van der Waals surface area contributed by atoms with Crippen LogP contribution in [0.1, 0.15) is 24.1 Å². The molecular weight excluding hydrogens is 556 g/mol. The number of fused-ring (bicyclic) bond motifs is 2. The van der Waals surface area contributed by atoms with Gasteiger partial charge >= 0.3 is 6.03 Å². The van der Waals surface area contributed by atoms with Gasteiger partial charge in [0, 0.05) is 53.3 Å². The molecular formula is C32H38N8O2Si. The first-order chi connectivity index (χ1) is 20.8. The van der Waals surface area contributed by atoms with Crippen molar-refractivity contribution in [3.63, 3.8) is 0 Å². The van der Waals surface area contributed by atoms with Gasteiger partial charge in [-0.15, -0.1) is 0 Å². The number of nitrogens with zero attached hydrogens (tertiary/aromatic N) is 8. The van der Waals surface area contributed by atoms with Gasteiger partial charge in [-0.1, -0.05) is 37.8 Å². The summed E-state index contributed by atoms with van der Waals surface area (Å²) in [6, 6.07) is 16.7. The van der Waals surface area contributed by atoms with Gasteiger partial charge in [-0.25, -0.2) is 19.7 Å². The predicted octanol–water partition coefficient (Wildman–Crippen LogP) is 6.00. The van der Waals surface area contributed by atoms with E-state index in [1.165, 1.54) is 0 Å². The number of hydrogen-bond acceptors (Lipinski definition) is 7. The molecule has 0 unspecified atom stereocenters. The van der Waals surface area contributed by atoms with Crippen LogP contribution in [0.3, 0.4) is 0 Å². The zero-order valence-electron chi connectivity index (χ0n) is 25.1. The fourth-order valence-corrected chi connectivity index (χ4v) is 6.68. The number of rotatable bonds is 9. The summed E-state index contributed by atoms with van der Waals surface area (Å²) in [6.45, 7) is 11.3. The highest BCUT2D eigenvalue weighted by Crippen LogP contribution is 2.36. The summed E-state index contributed by atoms with van der Waals surface area (Å²) in [5.41, 5.74) is 3.79. The van der Waals surface area contributed by atoms with E-state index in [0.29, 0.717) is 31.4 Å². The highest BCUT2D eigenvalue weighted by atomic mass is 28.3. The zero-order chi connectivity index (χ0) is 30.0. The van der Waals surface area contributed by atoms with Crippen LogP contribution < -0.4 is 9.80 Å². The minimum absolute atomic E-state index is 0.0675. The lowest BCUT2D eigenvalue weighted by molar-refractivity contribution is 0.0899. The van der Waals surface area contributed by atoms with E-state index in [2.05, 4.69) is 62.3 Å². The van der Waals surface area contributed by atoms with Crippen LogP contribution in [0.5, 0.6) is 0 Å². The molecule has 0 atom stereocenters. The second kappa shape index (κ2) is 12.1. The lowest BCUT2D eigenvalue weighted by Gasteiger charge is -2.40. The molecule has 2 aliphatic heterocycles. The van der Waals surface area contributed by atoms with E-state index in [1.807, 2.05) is 29.3 Å². The van der Waals surface area contributed by atoms with Crippen LogP contribution in [-0.2, 0) is 18.0 Å². The molecule has 2 amide bonds. The Morgan fingerprint density at radius 2 is 1.88 bits per heavy atom. The summed E-state index contributed by atoms with van der Waals surface area (Å²) in [7, 11) is -1.13. The monoisotopic (exact) mass is 594 g/mol. The SMILES string of the molecule is C[Si](C)(C)CCOCn1ccc2c(N3CCC(CN4Cc5ccccc5N(c5ccnc(C#N)c5)C4=O)CC3)ncnc21. The molecule has 0 N–H and O–H groups in total. The molecule has 0 aliphatic carbocycles. The van der Waals surface area contributed by atoms with Gasteiger partial charge in [-0.2, -0.15) is 5.26 Å². The van der Waals surface area contributed by atoms with Gasteiger partial charge in [0.05, 0.1) is 16.8 Å². The maximum atomic E-state index is 13.9. The summed E-state index contributed by atoms with van der Waals surface area (Å²) < 4.78 is 8.04. The molecule has 4 aromatic rings. The maximum absolute atomic E-state index is 13.9. The number of urea groups is 1. The van der Waals surface area contributed by atoms with Gasteiger partial charge in [0.15, 0.2) is 0 Å². The summed E-state index contributed by atoms with van der Waals surface area (Å²) in [5.74, 6) is 1.34. The van der Waals surface area contributed by atoms with Crippen LogP contribution in [0.4, 0.5) is 22.0 Å². The Kier molecular flexibility index (Phi) is 8.14. The first-order valence-electron chi connectivity index (χ1n) is 15.0. The third-order valence-electron chi connectivity index (χ3n) is 8.33. The van der Waals surface area contributed by atoms with E-state index in [1.54, 1.807) is 29.6 Å².